The first-order valence-corrected chi connectivity index (χ1v) is 7.50. The molecule has 0 atom stereocenters. The molecule has 0 aliphatic rings. The van der Waals surface area contributed by atoms with Crippen molar-refractivity contribution in [2.24, 2.45) is 0 Å². The summed E-state index contributed by atoms with van der Waals surface area (Å²) in [7, 11) is 0. The Bertz CT molecular complexity index is 826. The lowest BCUT2D eigenvalue weighted by Crippen LogP contribution is -2.11. The Morgan fingerprint density at radius 1 is 1.27 bits per heavy atom. The molecule has 4 nitrogen and oxygen atoms in total. The number of benzene rings is 2. The zero-order valence-electron chi connectivity index (χ0n) is 12.1. The van der Waals surface area contributed by atoms with E-state index >= 15 is 0 Å². The van der Waals surface area contributed by atoms with E-state index in [9.17, 15) is 4.79 Å². The SMILES string of the molecule is CCCC(=O)Nc1ccccc1-c1nc2cc(Cl)ccc2o1. The fraction of sp³-hybridized carbons (Fsp3) is 0.176. The summed E-state index contributed by atoms with van der Waals surface area (Å²) >= 11 is 5.97. The molecule has 3 rings (SSSR count). The monoisotopic (exact) mass is 314 g/mol. The summed E-state index contributed by atoms with van der Waals surface area (Å²) in [5.41, 5.74) is 2.80. The van der Waals surface area contributed by atoms with Crippen molar-refractivity contribution in [2.75, 3.05) is 5.32 Å². The van der Waals surface area contributed by atoms with E-state index in [1.807, 2.05) is 31.2 Å². The van der Waals surface area contributed by atoms with E-state index in [2.05, 4.69) is 10.3 Å². The summed E-state index contributed by atoms with van der Waals surface area (Å²) in [6.07, 6.45) is 1.28. The van der Waals surface area contributed by atoms with Crippen LogP contribution in [-0.2, 0) is 4.79 Å². The van der Waals surface area contributed by atoms with Crippen LogP contribution in [-0.4, -0.2) is 10.9 Å². The number of aromatic nitrogens is 1. The van der Waals surface area contributed by atoms with Gasteiger partial charge < -0.3 is 9.73 Å². The van der Waals surface area contributed by atoms with Gasteiger partial charge in [-0.05, 0) is 36.8 Å². The minimum absolute atomic E-state index is 0.0193. The molecule has 0 saturated carbocycles. The lowest BCUT2D eigenvalue weighted by atomic mass is 10.1. The second-order valence-corrected chi connectivity index (χ2v) is 5.41. The average molecular weight is 315 g/mol. The van der Waals surface area contributed by atoms with Crippen molar-refractivity contribution in [2.45, 2.75) is 19.8 Å². The predicted molar refractivity (Wildman–Crippen MR) is 88.0 cm³/mol. The van der Waals surface area contributed by atoms with Crippen LogP contribution in [0.25, 0.3) is 22.6 Å². The zero-order valence-corrected chi connectivity index (χ0v) is 12.9. The molecule has 0 unspecified atom stereocenters. The van der Waals surface area contributed by atoms with Gasteiger partial charge in [-0.2, -0.15) is 0 Å². The summed E-state index contributed by atoms with van der Waals surface area (Å²) < 4.78 is 5.77. The summed E-state index contributed by atoms with van der Waals surface area (Å²) in [6, 6.07) is 12.7. The van der Waals surface area contributed by atoms with Crippen LogP contribution >= 0.6 is 11.6 Å². The number of anilines is 1. The molecular formula is C17H15ClN2O2. The molecule has 1 amide bonds. The molecule has 1 aromatic heterocycles. The Kier molecular flexibility index (Phi) is 4.11. The van der Waals surface area contributed by atoms with Crippen LogP contribution < -0.4 is 5.32 Å². The van der Waals surface area contributed by atoms with E-state index in [0.717, 1.165) is 12.0 Å². The fourth-order valence-electron chi connectivity index (χ4n) is 2.23. The van der Waals surface area contributed by atoms with Gasteiger partial charge in [-0.3, -0.25) is 4.79 Å². The van der Waals surface area contributed by atoms with E-state index in [1.54, 1.807) is 18.2 Å². The number of hydrogen-bond donors (Lipinski definition) is 1. The maximum atomic E-state index is 11.8. The highest BCUT2D eigenvalue weighted by Gasteiger charge is 2.13. The molecule has 0 bridgehead atoms. The predicted octanol–water partition coefficient (Wildman–Crippen LogP) is 4.89. The van der Waals surface area contributed by atoms with Crippen molar-refractivity contribution < 1.29 is 9.21 Å². The molecule has 0 aliphatic heterocycles. The third-order valence-electron chi connectivity index (χ3n) is 3.26. The fourth-order valence-corrected chi connectivity index (χ4v) is 2.40. The standard InChI is InChI=1S/C17H15ClN2O2/c1-2-5-16(21)19-13-7-4-3-6-12(13)17-20-14-10-11(18)8-9-15(14)22-17/h3-4,6-10H,2,5H2,1H3,(H,19,21). The van der Waals surface area contributed by atoms with Crippen LogP contribution in [0.4, 0.5) is 5.69 Å². The normalized spacial score (nSPS) is 10.8. The smallest absolute Gasteiger partial charge is 0.229 e. The number of carbonyl (C=O) groups excluding carboxylic acids is 1. The van der Waals surface area contributed by atoms with Crippen molar-refractivity contribution in [1.82, 2.24) is 4.98 Å². The van der Waals surface area contributed by atoms with E-state index in [1.165, 1.54) is 0 Å². The van der Waals surface area contributed by atoms with Crippen molar-refractivity contribution in [3.8, 4) is 11.5 Å². The lowest BCUT2D eigenvalue weighted by Gasteiger charge is -2.08. The van der Waals surface area contributed by atoms with Gasteiger partial charge >= 0.3 is 0 Å². The minimum atomic E-state index is -0.0193. The van der Waals surface area contributed by atoms with Crippen molar-refractivity contribution in [3.63, 3.8) is 0 Å². The van der Waals surface area contributed by atoms with Crippen LogP contribution in [0.15, 0.2) is 46.9 Å². The van der Waals surface area contributed by atoms with Gasteiger partial charge in [0.1, 0.15) is 5.52 Å². The number of halogens is 1. The maximum Gasteiger partial charge on any atom is 0.229 e. The zero-order chi connectivity index (χ0) is 15.5. The number of fused-ring (bicyclic) bond motifs is 1. The maximum absolute atomic E-state index is 11.8. The van der Waals surface area contributed by atoms with Crippen LogP contribution in [0.5, 0.6) is 0 Å². The Hall–Kier alpha value is -2.33. The first kappa shape index (κ1) is 14.6. The first-order valence-electron chi connectivity index (χ1n) is 7.12. The number of nitrogens with one attached hydrogen (secondary N) is 1. The van der Waals surface area contributed by atoms with E-state index in [4.69, 9.17) is 16.0 Å². The summed E-state index contributed by atoms with van der Waals surface area (Å²) in [5, 5.41) is 3.51. The second kappa shape index (κ2) is 6.20. The van der Waals surface area contributed by atoms with E-state index < -0.39 is 0 Å². The van der Waals surface area contributed by atoms with Crippen LogP contribution in [0.3, 0.4) is 0 Å². The second-order valence-electron chi connectivity index (χ2n) is 4.97. The number of para-hydroxylation sites is 1. The summed E-state index contributed by atoms with van der Waals surface area (Å²) in [6.45, 7) is 1.97. The van der Waals surface area contributed by atoms with Gasteiger partial charge in [-0.25, -0.2) is 4.98 Å². The third-order valence-corrected chi connectivity index (χ3v) is 3.49. The Balaban J connectivity index is 2.01. The molecule has 0 saturated heterocycles. The van der Waals surface area contributed by atoms with Gasteiger partial charge in [0.15, 0.2) is 5.58 Å². The highest BCUT2D eigenvalue weighted by Crippen LogP contribution is 2.31. The number of hydrogen-bond acceptors (Lipinski definition) is 3. The van der Waals surface area contributed by atoms with Gasteiger partial charge in [0.25, 0.3) is 0 Å². The molecule has 112 valence electrons. The number of amides is 1. The van der Waals surface area contributed by atoms with Gasteiger partial charge in [0, 0.05) is 11.4 Å². The van der Waals surface area contributed by atoms with Crippen molar-refractivity contribution in [1.29, 1.82) is 0 Å². The molecule has 22 heavy (non-hydrogen) atoms. The molecular weight excluding hydrogens is 300 g/mol. The molecule has 1 N–H and O–H groups in total. The molecule has 0 radical (unpaired) electrons. The van der Waals surface area contributed by atoms with Crippen LogP contribution in [0.1, 0.15) is 19.8 Å². The van der Waals surface area contributed by atoms with Crippen LogP contribution in [0, 0.1) is 0 Å². The van der Waals surface area contributed by atoms with Crippen molar-refractivity contribution >= 4 is 34.3 Å². The van der Waals surface area contributed by atoms with Gasteiger partial charge in [0.05, 0.1) is 11.3 Å². The molecule has 0 fully saturated rings. The first-order chi connectivity index (χ1) is 10.7. The molecule has 3 aromatic rings. The largest absolute Gasteiger partial charge is 0.436 e. The highest BCUT2D eigenvalue weighted by atomic mass is 35.5. The average Bonchev–Trinajstić information content (AvgIpc) is 2.90. The number of oxazole rings is 1. The molecule has 2 aromatic carbocycles. The minimum Gasteiger partial charge on any atom is -0.436 e. The Morgan fingerprint density at radius 2 is 2.09 bits per heavy atom. The van der Waals surface area contributed by atoms with Crippen LogP contribution in [0.2, 0.25) is 5.02 Å². The summed E-state index contributed by atoms with van der Waals surface area (Å²) in [5.74, 6) is 0.443. The number of rotatable bonds is 4. The van der Waals surface area contributed by atoms with E-state index in [0.29, 0.717) is 34.1 Å². The quantitative estimate of drug-likeness (QED) is 0.746. The van der Waals surface area contributed by atoms with Gasteiger partial charge in [-0.1, -0.05) is 30.7 Å². The highest BCUT2D eigenvalue weighted by molar-refractivity contribution is 6.31. The molecule has 5 heteroatoms. The number of carbonyl (C=O) groups is 1. The molecule has 1 heterocycles. The summed E-state index contributed by atoms with van der Waals surface area (Å²) in [4.78, 5) is 16.3. The van der Waals surface area contributed by atoms with Gasteiger partial charge in [-0.15, -0.1) is 0 Å². The Labute approximate surface area is 133 Å². The van der Waals surface area contributed by atoms with Crippen molar-refractivity contribution in [3.05, 3.63) is 47.5 Å². The van der Waals surface area contributed by atoms with Gasteiger partial charge in [0.2, 0.25) is 11.8 Å². The molecule has 0 spiro atoms. The van der Waals surface area contributed by atoms with E-state index in [-0.39, 0.29) is 5.91 Å². The topological polar surface area (TPSA) is 55.1 Å². The number of nitrogens with zero attached hydrogens (tertiary/aromatic N) is 1. The molecule has 0 aliphatic carbocycles. The third kappa shape index (κ3) is 2.97. The lowest BCUT2D eigenvalue weighted by molar-refractivity contribution is -0.116. The Morgan fingerprint density at radius 3 is 2.91 bits per heavy atom.